The standard InChI is InChI=1S/C20H21N3O4S/c24-18(15-4-2-12-28-15)16-17(14-3-1-5-21-13-14)23(20(26)19(16)25)7-6-22-8-10-27-11-9-22/h1-5,12-13,17,25H,6-11H2/p+1. The first-order valence-corrected chi connectivity index (χ1v) is 10.2. The fourth-order valence-corrected chi connectivity index (χ4v) is 4.41. The number of hydrogen-bond acceptors (Lipinski definition) is 6. The van der Waals surface area contributed by atoms with Gasteiger partial charge in [0.15, 0.2) is 5.76 Å². The maximum Gasteiger partial charge on any atom is 0.290 e. The first-order chi connectivity index (χ1) is 13.7. The summed E-state index contributed by atoms with van der Waals surface area (Å²) < 4.78 is 5.39. The number of aliphatic hydroxyl groups is 1. The Bertz CT molecular complexity index is 876. The molecule has 2 aliphatic heterocycles. The van der Waals surface area contributed by atoms with Crippen molar-refractivity contribution >= 4 is 23.0 Å². The predicted octanol–water partition coefficient (Wildman–Crippen LogP) is 0.637. The highest BCUT2D eigenvalue weighted by Crippen LogP contribution is 2.38. The van der Waals surface area contributed by atoms with Gasteiger partial charge in [0.25, 0.3) is 5.91 Å². The summed E-state index contributed by atoms with van der Waals surface area (Å²) in [4.78, 5) is 33.5. The van der Waals surface area contributed by atoms with Gasteiger partial charge in [0.05, 0.1) is 42.8 Å². The van der Waals surface area contributed by atoms with Gasteiger partial charge in [0, 0.05) is 12.4 Å². The van der Waals surface area contributed by atoms with E-state index in [2.05, 4.69) is 4.98 Å². The molecule has 1 saturated heterocycles. The van der Waals surface area contributed by atoms with Gasteiger partial charge < -0.3 is 19.6 Å². The van der Waals surface area contributed by atoms with Crippen LogP contribution in [0.3, 0.4) is 0 Å². The van der Waals surface area contributed by atoms with Crippen LogP contribution in [0.2, 0.25) is 0 Å². The molecule has 7 nitrogen and oxygen atoms in total. The Hall–Kier alpha value is -2.55. The smallest absolute Gasteiger partial charge is 0.290 e. The number of pyridine rings is 1. The molecule has 0 radical (unpaired) electrons. The van der Waals surface area contributed by atoms with Gasteiger partial charge in [-0.05, 0) is 23.1 Å². The molecule has 0 bridgehead atoms. The Morgan fingerprint density at radius 2 is 2.14 bits per heavy atom. The molecule has 2 N–H and O–H groups in total. The molecule has 146 valence electrons. The van der Waals surface area contributed by atoms with Crippen molar-refractivity contribution in [3.05, 3.63) is 63.8 Å². The van der Waals surface area contributed by atoms with E-state index in [0.717, 1.165) is 25.2 Å². The number of ketones is 1. The van der Waals surface area contributed by atoms with Gasteiger partial charge in [-0.1, -0.05) is 12.1 Å². The molecule has 0 aliphatic carbocycles. The van der Waals surface area contributed by atoms with E-state index in [-0.39, 0.29) is 11.4 Å². The van der Waals surface area contributed by atoms with E-state index >= 15 is 0 Å². The van der Waals surface area contributed by atoms with Crippen LogP contribution in [-0.2, 0) is 9.53 Å². The highest BCUT2D eigenvalue weighted by Gasteiger charge is 2.44. The lowest BCUT2D eigenvalue weighted by atomic mass is 9.96. The predicted molar refractivity (Wildman–Crippen MR) is 103 cm³/mol. The number of nitrogens with zero attached hydrogens (tertiary/aromatic N) is 2. The summed E-state index contributed by atoms with van der Waals surface area (Å²) in [5.41, 5.74) is 0.856. The molecule has 1 unspecified atom stereocenters. The van der Waals surface area contributed by atoms with Crippen LogP contribution in [0.15, 0.2) is 53.4 Å². The third kappa shape index (κ3) is 3.58. The van der Waals surface area contributed by atoms with Crippen molar-refractivity contribution in [2.24, 2.45) is 0 Å². The minimum absolute atomic E-state index is 0.137. The van der Waals surface area contributed by atoms with E-state index in [1.54, 1.807) is 40.9 Å². The lowest BCUT2D eigenvalue weighted by Crippen LogP contribution is -3.14. The quantitative estimate of drug-likeness (QED) is 0.695. The van der Waals surface area contributed by atoms with Gasteiger partial charge in [-0.25, -0.2) is 0 Å². The summed E-state index contributed by atoms with van der Waals surface area (Å²) >= 11 is 1.30. The Morgan fingerprint density at radius 3 is 2.82 bits per heavy atom. The van der Waals surface area contributed by atoms with Crippen molar-refractivity contribution in [1.82, 2.24) is 9.88 Å². The molecule has 2 aromatic heterocycles. The van der Waals surface area contributed by atoms with Gasteiger partial charge >= 0.3 is 0 Å². The van der Waals surface area contributed by atoms with Crippen molar-refractivity contribution in [2.45, 2.75) is 6.04 Å². The van der Waals surface area contributed by atoms with Crippen LogP contribution >= 0.6 is 11.3 Å². The van der Waals surface area contributed by atoms with Crippen molar-refractivity contribution < 1.29 is 24.3 Å². The van der Waals surface area contributed by atoms with Crippen LogP contribution in [0, 0.1) is 0 Å². The summed E-state index contributed by atoms with van der Waals surface area (Å²) in [6, 6.07) is 6.47. The number of carbonyl (C=O) groups is 2. The van der Waals surface area contributed by atoms with E-state index in [1.807, 2.05) is 6.07 Å². The molecule has 4 rings (SSSR count). The number of carbonyl (C=O) groups excluding carboxylic acids is 2. The van der Waals surface area contributed by atoms with Gasteiger partial charge in [0.1, 0.15) is 13.1 Å². The second-order valence-corrected chi connectivity index (χ2v) is 7.82. The van der Waals surface area contributed by atoms with Crippen molar-refractivity contribution in [1.29, 1.82) is 0 Å². The van der Waals surface area contributed by atoms with Gasteiger partial charge in [-0.15, -0.1) is 11.3 Å². The summed E-state index contributed by atoms with van der Waals surface area (Å²) in [6.07, 6.45) is 3.29. The van der Waals surface area contributed by atoms with Crippen LogP contribution in [0.1, 0.15) is 21.3 Å². The van der Waals surface area contributed by atoms with Crippen LogP contribution in [0.4, 0.5) is 0 Å². The van der Waals surface area contributed by atoms with Crippen LogP contribution in [0.5, 0.6) is 0 Å². The lowest BCUT2D eigenvalue weighted by molar-refractivity contribution is -0.907. The topological polar surface area (TPSA) is 84.2 Å². The Kier molecular flexibility index (Phi) is 5.52. The van der Waals surface area contributed by atoms with E-state index in [9.17, 15) is 14.7 Å². The first-order valence-electron chi connectivity index (χ1n) is 9.30. The molecule has 2 aromatic rings. The maximum absolute atomic E-state index is 13.1. The highest BCUT2D eigenvalue weighted by molar-refractivity contribution is 7.12. The fraction of sp³-hybridized carbons (Fsp3) is 0.350. The van der Waals surface area contributed by atoms with E-state index < -0.39 is 17.7 Å². The fourth-order valence-electron chi connectivity index (χ4n) is 3.73. The zero-order chi connectivity index (χ0) is 19.5. The zero-order valence-corrected chi connectivity index (χ0v) is 16.2. The summed E-state index contributed by atoms with van der Waals surface area (Å²) in [7, 11) is 0. The molecular formula is C20H22N3O4S+. The van der Waals surface area contributed by atoms with Crippen molar-refractivity contribution in [3.63, 3.8) is 0 Å². The molecule has 0 saturated carbocycles. The molecule has 28 heavy (non-hydrogen) atoms. The average molecular weight is 400 g/mol. The normalized spacial score (nSPS) is 20.8. The van der Waals surface area contributed by atoms with Crippen LogP contribution < -0.4 is 4.90 Å². The third-order valence-electron chi connectivity index (χ3n) is 5.20. The number of aliphatic hydroxyl groups excluding tert-OH is 1. The summed E-state index contributed by atoms with van der Waals surface area (Å²) in [5, 5.41) is 12.4. The van der Waals surface area contributed by atoms with Gasteiger partial charge in [-0.3, -0.25) is 14.6 Å². The largest absolute Gasteiger partial charge is 0.503 e. The second-order valence-electron chi connectivity index (χ2n) is 6.87. The number of nitrogens with one attached hydrogen (secondary N) is 1. The first kappa shape index (κ1) is 18.8. The molecule has 1 amide bonds. The summed E-state index contributed by atoms with van der Waals surface area (Å²) in [6.45, 7) is 4.38. The molecule has 1 fully saturated rings. The molecule has 0 aromatic carbocycles. The SMILES string of the molecule is O=C(C1=C(O)C(=O)N(CC[NH+]2CCOCC2)C1c1cccnc1)c1cccs1. The van der Waals surface area contributed by atoms with Crippen LogP contribution in [0.25, 0.3) is 0 Å². The Balaban J connectivity index is 1.64. The zero-order valence-electron chi connectivity index (χ0n) is 15.3. The number of quaternary nitrogens is 1. The van der Waals surface area contributed by atoms with Gasteiger partial charge in [0.2, 0.25) is 5.78 Å². The monoisotopic (exact) mass is 400 g/mol. The van der Waals surface area contributed by atoms with Gasteiger partial charge in [-0.2, -0.15) is 0 Å². The minimum atomic E-state index is -0.628. The van der Waals surface area contributed by atoms with Crippen molar-refractivity contribution in [2.75, 3.05) is 39.4 Å². The lowest BCUT2D eigenvalue weighted by Gasteiger charge is -2.29. The third-order valence-corrected chi connectivity index (χ3v) is 6.07. The van der Waals surface area contributed by atoms with E-state index in [4.69, 9.17) is 4.74 Å². The number of Topliss-reactive ketones (excluding diaryl/α,β-unsaturated/α-hetero) is 1. The number of thiophene rings is 1. The number of amides is 1. The molecule has 4 heterocycles. The number of ether oxygens (including phenoxy) is 1. The van der Waals surface area contributed by atoms with E-state index in [0.29, 0.717) is 24.6 Å². The Labute approximate surface area is 166 Å². The second kappa shape index (κ2) is 8.22. The molecule has 0 spiro atoms. The average Bonchev–Trinajstić information content (AvgIpc) is 3.36. The molecular weight excluding hydrogens is 378 g/mol. The van der Waals surface area contributed by atoms with Crippen LogP contribution in [-0.4, -0.2) is 66.1 Å². The highest BCUT2D eigenvalue weighted by atomic mass is 32.1. The Morgan fingerprint density at radius 1 is 1.32 bits per heavy atom. The molecule has 2 aliphatic rings. The maximum atomic E-state index is 13.1. The number of rotatable bonds is 6. The van der Waals surface area contributed by atoms with E-state index in [1.165, 1.54) is 16.2 Å². The summed E-state index contributed by atoms with van der Waals surface area (Å²) in [5.74, 6) is -1.26. The number of morpholine rings is 1. The number of aromatic nitrogens is 1. The molecule has 8 heteroatoms. The number of hydrogen-bond donors (Lipinski definition) is 2. The van der Waals surface area contributed by atoms with Crippen molar-refractivity contribution in [3.8, 4) is 0 Å². The minimum Gasteiger partial charge on any atom is -0.503 e. The molecule has 1 atom stereocenters.